The van der Waals surface area contributed by atoms with Crippen molar-refractivity contribution in [2.24, 2.45) is 0 Å². The van der Waals surface area contributed by atoms with Crippen molar-refractivity contribution in [1.29, 1.82) is 5.26 Å². The fourth-order valence-electron chi connectivity index (χ4n) is 1.23. The molecule has 0 saturated heterocycles. The van der Waals surface area contributed by atoms with Crippen LogP contribution in [0.25, 0.3) is 0 Å². The maximum atomic E-state index is 12.2. The van der Waals surface area contributed by atoms with Crippen LogP contribution in [0, 0.1) is 11.3 Å². The maximum absolute atomic E-state index is 12.2. The summed E-state index contributed by atoms with van der Waals surface area (Å²) >= 11 is 5.68. The normalized spacial score (nSPS) is 10.0. The first-order valence-electron chi connectivity index (χ1n) is 4.85. The molecule has 4 nitrogen and oxygen atoms in total. The number of hydrogen-bond donors (Lipinski definition) is 0. The van der Waals surface area contributed by atoms with Gasteiger partial charge in [0.25, 0.3) is 0 Å². The van der Waals surface area contributed by atoms with E-state index in [9.17, 15) is 13.6 Å². The molecule has 0 aliphatic heterocycles. The van der Waals surface area contributed by atoms with Gasteiger partial charge < -0.3 is 9.47 Å². The molecule has 0 radical (unpaired) electrons. The predicted octanol–water partition coefficient (Wildman–Crippen LogP) is 2.99. The van der Waals surface area contributed by atoms with E-state index in [1.54, 1.807) is 13.0 Å². The summed E-state index contributed by atoms with van der Waals surface area (Å²) < 4.78 is 33.3. The third-order valence-electron chi connectivity index (χ3n) is 1.87. The number of rotatable bonds is 4. The van der Waals surface area contributed by atoms with E-state index in [0.29, 0.717) is 0 Å². The van der Waals surface area contributed by atoms with Gasteiger partial charge in [-0.2, -0.15) is 14.0 Å². The average molecular weight is 276 g/mol. The van der Waals surface area contributed by atoms with Crippen LogP contribution in [-0.2, 0) is 4.74 Å². The molecular weight excluding hydrogens is 268 g/mol. The zero-order valence-electron chi connectivity index (χ0n) is 9.25. The van der Waals surface area contributed by atoms with Crippen LogP contribution in [0.15, 0.2) is 12.1 Å². The molecule has 0 aromatic heterocycles. The SMILES string of the molecule is CCOC(=O)c1cc(C#N)cc(Cl)c1OC(F)F. The van der Waals surface area contributed by atoms with E-state index in [2.05, 4.69) is 9.47 Å². The second-order valence-corrected chi connectivity index (χ2v) is 3.45. The summed E-state index contributed by atoms with van der Waals surface area (Å²) in [7, 11) is 0. The van der Waals surface area contributed by atoms with Gasteiger partial charge in [-0.1, -0.05) is 11.6 Å². The Bertz CT molecular complexity index is 500. The minimum atomic E-state index is -3.14. The van der Waals surface area contributed by atoms with Gasteiger partial charge in [-0.3, -0.25) is 0 Å². The molecular formula is C11H8ClF2NO3. The highest BCUT2D eigenvalue weighted by Gasteiger charge is 2.21. The molecule has 0 saturated carbocycles. The van der Waals surface area contributed by atoms with Gasteiger partial charge in [-0.05, 0) is 19.1 Å². The number of nitrogens with zero attached hydrogens (tertiary/aromatic N) is 1. The summed E-state index contributed by atoms with van der Waals surface area (Å²) in [5.41, 5.74) is -0.258. The molecule has 0 fully saturated rings. The molecule has 0 unspecified atom stereocenters. The van der Waals surface area contributed by atoms with E-state index in [4.69, 9.17) is 16.9 Å². The monoisotopic (exact) mass is 275 g/mol. The van der Waals surface area contributed by atoms with Crippen molar-refractivity contribution < 1.29 is 23.0 Å². The van der Waals surface area contributed by atoms with Gasteiger partial charge in [0, 0.05) is 0 Å². The molecule has 1 rings (SSSR count). The van der Waals surface area contributed by atoms with E-state index in [-0.39, 0.29) is 22.8 Å². The Morgan fingerprint density at radius 1 is 1.56 bits per heavy atom. The summed E-state index contributed by atoms with van der Waals surface area (Å²) in [6, 6.07) is 3.96. The van der Waals surface area contributed by atoms with Crippen LogP contribution in [-0.4, -0.2) is 19.2 Å². The third kappa shape index (κ3) is 3.31. The lowest BCUT2D eigenvalue weighted by Gasteiger charge is -2.12. The standard InChI is InChI=1S/C11H8ClF2NO3/c1-2-17-10(16)7-3-6(5-15)4-8(12)9(7)18-11(13)14/h3-4,11H,2H2,1H3. The van der Waals surface area contributed by atoms with Crippen LogP contribution in [0.4, 0.5) is 8.78 Å². The largest absolute Gasteiger partial charge is 0.462 e. The smallest absolute Gasteiger partial charge is 0.387 e. The second kappa shape index (κ2) is 6.17. The van der Waals surface area contributed by atoms with Crippen molar-refractivity contribution in [3.63, 3.8) is 0 Å². The summed E-state index contributed by atoms with van der Waals surface area (Å²) in [4.78, 5) is 11.6. The Labute approximate surface area is 107 Å². The van der Waals surface area contributed by atoms with Crippen LogP contribution in [0.5, 0.6) is 5.75 Å². The summed E-state index contributed by atoms with van der Waals surface area (Å²) in [6.07, 6.45) is 0. The molecule has 0 aliphatic carbocycles. The van der Waals surface area contributed by atoms with Gasteiger partial charge in [0.05, 0.1) is 23.3 Å². The Hall–Kier alpha value is -1.87. The first kappa shape index (κ1) is 14.2. The summed E-state index contributed by atoms with van der Waals surface area (Å²) in [6.45, 7) is -1.52. The zero-order valence-corrected chi connectivity index (χ0v) is 10.0. The number of esters is 1. The van der Waals surface area contributed by atoms with E-state index >= 15 is 0 Å². The summed E-state index contributed by atoms with van der Waals surface area (Å²) in [5.74, 6) is -1.38. The first-order valence-corrected chi connectivity index (χ1v) is 5.23. The van der Waals surface area contributed by atoms with Crippen molar-refractivity contribution in [1.82, 2.24) is 0 Å². The number of benzene rings is 1. The Balaban J connectivity index is 3.29. The third-order valence-corrected chi connectivity index (χ3v) is 2.16. The molecule has 0 atom stereocenters. The van der Waals surface area contributed by atoms with Crippen LogP contribution < -0.4 is 4.74 Å². The second-order valence-electron chi connectivity index (χ2n) is 3.05. The van der Waals surface area contributed by atoms with Gasteiger partial charge in [0.15, 0.2) is 5.75 Å². The van der Waals surface area contributed by atoms with E-state index in [0.717, 1.165) is 12.1 Å². The van der Waals surface area contributed by atoms with Gasteiger partial charge >= 0.3 is 12.6 Å². The number of nitriles is 1. The molecule has 0 heterocycles. The van der Waals surface area contributed by atoms with Crippen molar-refractivity contribution in [2.45, 2.75) is 13.5 Å². The molecule has 0 N–H and O–H groups in total. The zero-order chi connectivity index (χ0) is 13.7. The minimum Gasteiger partial charge on any atom is -0.462 e. The fourth-order valence-corrected chi connectivity index (χ4v) is 1.49. The molecule has 0 spiro atoms. The lowest BCUT2D eigenvalue weighted by Crippen LogP contribution is -2.11. The van der Waals surface area contributed by atoms with Crippen LogP contribution in [0.2, 0.25) is 5.02 Å². The molecule has 96 valence electrons. The van der Waals surface area contributed by atoms with Crippen molar-refractivity contribution in [2.75, 3.05) is 6.61 Å². The van der Waals surface area contributed by atoms with Gasteiger partial charge in [0.1, 0.15) is 5.56 Å². The number of hydrogen-bond acceptors (Lipinski definition) is 4. The highest BCUT2D eigenvalue weighted by Crippen LogP contribution is 2.32. The predicted molar refractivity (Wildman–Crippen MR) is 58.8 cm³/mol. The molecule has 1 aromatic carbocycles. The average Bonchev–Trinajstić information content (AvgIpc) is 2.31. The van der Waals surface area contributed by atoms with Gasteiger partial charge in [-0.25, -0.2) is 4.79 Å². The molecule has 1 aromatic rings. The molecule has 0 aliphatic rings. The highest BCUT2D eigenvalue weighted by molar-refractivity contribution is 6.32. The van der Waals surface area contributed by atoms with Crippen molar-refractivity contribution in [3.8, 4) is 11.8 Å². The molecule has 7 heteroatoms. The number of carbonyl (C=O) groups excluding carboxylic acids is 1. The molecule has 18 heavy (non-hydrogen) atoms. The van der Waals surface area contributed by atoms with Crippen LogP contribution >= 0.6 is 11.6 Å². The van der Waals surface area contributed by atoms with Crippen LogP contribution in [0.3, 0.4) is 0 Å². The number of carbonyl (C=O) groups is 1. The topological polar surface area (TPSA) is 59.3 Å². The fraction of sp³-hybridized carbons (Fsp3) is 0.273. The first-order chi connectivity index (χ1) is 8.49. The lowest BCUT2D eigenvalue weighted by atomic mass is 10.1. The lowest BCUT2D eigenvalue weighted by molar-refractivity contribution is -0.0503. The molecule has 0 bridgehead atoms. The van der Waals surface area contributed by atoms with Crippen molar-refractivity contribution in [3.05, 3.63) is 28.3 Å². The van der Waals surface area contributed by atoms with Crippen LogP contribution in [0.1, 0.15) is 22.8 Å². The van der Waals surface area contributed by atoms with E-state index in [1.807, 2.05) is 0 Å². The Morgan fingerprint density at radius 2 is 2.22 bits per heavy atom. The van der Waals surface area contributed by atoms with E-state index < -0.39 is 18.3 Å². The van der Waals surface area contributed by atoms with Gasteiger partial charge in [-0.15, -0.1) is 0 Å². The maximum Gasteiger partial charge on any atom is 0.387 e. The van der Waals surface area contributed by atoms with E-state index in [1.165, 1.54) is 0 Å². The Morgan fingerprint density at radius 3 is 2.72 bits per heavy atom. The van der Waals surface area contributed by atoms with Crippen molar-refractivity contribution >= 4 is 17.6 Å². The number of ether oxygens (including phenoxy) is 2. The number of alkyl halides is 2. The highest BCUT2D eigenvalue weighted by atomic mass is 35.5. The minimum absolute atomic E-state index is 0.0460. The number of halogens is 3. The molecule has 0 amide bonds. The quantitative estimate of drug-likeness (QED) is 0.793. The Kier molecular flexibility index (Phi) is 4.86. The van der Waals surface area contributed by atoms with Gasteiger partial charge in [0.2, 0.25) is 0 Å². The summed E-state index contributed by atoms with van der Waals surface area (Å²) in [5, 5.41) is 8.47.